The summed E-state index contributed by atoms with van der Waals surface area (Å²) in [6, 6.07) is 8.14. The van der Waals surface area contributed by atoms with E-state index < -0.39 is 0 Å². The first-order chi connectivity index (χ1) is 9.78. The van der Waals surface area contributed by atoms with E-state index in [2.05, 4.69) is 10.3 Å². The van der Waals surface area contributed by atoms with E-state index in [0.717, 1.165) is 29.3 Å². The van der Waals surface area contributed by atoms with E-state index in [9.17, 15) is 4.79 Å². The second-order valence-electron chi connectivity index (χ2n) is 5.56. The van der Waals surface area contributed by atoms with Crippen LogP contribution >= 0.6 is 0 Å². The number of carbonyl (C=O) groups is 1. The lowest BCUT2D eigenvalue weighted by Gasteiger charge is -2.16. The predicted octanol–water partition coefficient (Wildman–Crippen LogP) is 1.99. The number of fused-ring (bicyclic) bond motifs is 1. The van der Waals surface area contributed by atoms with Crippen molar-refractivity contribution in [3.63, 3.8) is 0 Å². The third-order valence-corrected chi connectivity index (χ3v) is 4.00. The fraction of sp³-hybridized carbons (Fsp3) is 0.438. The van der Waals surface area contributed by atoms with Crippen LogP contribution in [0.15, 0.2) is 30.5 Å². The Balaban J connectivity index is 1.66. The molecule has 1 amide bonds. The van der Waals surface area contributed by atoms with Crippen LogP contribution in [0.2, 0.25) is 0 Å². The largest absolute Gasteiger partial charge is 0.396 e. The molecule has 1 aliphatic rings. The first-order valence-corrected chi connectivity index (χ1v) is 7.23. The summed E-state index contributed by atoms with van der Waals surface area (Å²) in [6.07, 6.45) is 5.28. The minimum absolute atomic E-state index is 0.0418. The van der Waals surface area contributed by atoms with Crippen LogP contribution in [0.3, 0.4) is 0 Å². The van der Waals surface area contributed by atoms with Crippen molar-refractivity contribution in [2.75, 3.05) is 6.61 Å². The minimum Gasteiger partial charge on any atom is -0.396 e. The number of aliphatic hydroxyl groups excluding tert-OH is 1. The monoisotopic (exact) mass is 272 g/mol. The van der Waals surface area contributed by atoms with Crippen LogP contribution < -0.4 is 5.32 Å². The lowest BCUT2D eigenvalue weighted by Crippen LogP contribution is -2.38. The molecule has 20 heavy (non-hydrogen) atoms. The summed E-state index contributed by atoms with van der Waals surface area (Å²) < 4.78 is 0. The molecule has 1 aliphatic carbocycles. The van der Waals surface area contributed by atoms with Crippen molar-refractivity contribution in [1.29, 1.82) is 0 Å². The molecule has 1 heterocycles. The summed E-state index contributed by atoms with van der Waals surface area (Å²) in [5.74, 6) is 0.606. The predicted molar refractivity (Wildman–Crippen MR) is 78.4 cm³/mol. The smallest absolute Gasteiger partial charge is 0.224 e. The number of aliphatic hydroxyl groups is 1. The number of aromatic nitrogens is 1. The van der Waals surface area contributed by atoms with Crippen molar-refractivity contribution in [3.05, 3.63) is 36.0 Å². The van der Waals surface area contributed by atoms with Gasteiger partial charge in [0.1, 0.15) is 0 Å². The van der Waals surface area contributed by atoms with Crippen LogP contribution in [0.1, 0.15) is 24.8 Å². The van der Waals surface area contributed by atoms with E-state index in [1.54, 1.807) is 0 Å². The highest BCUT2D eigenvalue weighted by Crippen LogP contribution is 2.34. The van der Waals surface area contributed by atoms with Crippen LogP contribution in [0.5, 0.6) is 0 Å². The zero-order chi connectivity index (χ0) is 13.9. The average Bonchev–Trinajstić information content (AvgIpc) is 3.22. The molecular weight excluding hydrogens is 252 g/mol. The average molecular weight is 272 g/mol. The van der Waals surface area contributed by atoms with Crippen LogP contribution in [0, 0.1) is 5.92 Å². The number of carbonyl (C=O) groups excluding carboxylic acids is 1. The SMILES string of the molecule is O=C(Cc1c[nH]c2ccccc12)NC(CCO)C1CC1. The molecule has 3 N–H and O–H groups in total. The van der Waals surface area contributed by atoms with Gasteiger partial charge in [-0.25, -0.2) is 0 Å². The molecule has 3 rings (SSSR count). The third-order valence-electron chi connectivity index (χ3n) is 4.00. The van der Waals surface area contributed by atoms with Gasteiger partial charge in [0.25, 0.3) is 0 Å². The number of hydrogen-bond donors (Lipinski definition) is 3. The van der Waals surface area contributed by atoms with E-state index in [0.29, 0.717) is 18.8 Å². The molecule has 0 radical (unpaired) electrons. The number of rotatable bonds is 6. The quantitative estimate of drug-likeness (QED) is 0.753. The van der Waals surface area contributed by atoms with Crippen molar-refractivity contribution in [3.8, 4) is 0 Å². The van der Waals surface area contributed by atoms with Gasteiger partial charge >= 0.3 is 0 Å². The summed E-state index contributed by atoms with van der Waals surface area (Å²) >= 11 is 0. The maximum atomic E-state index is 12.2. The molecule has 0 saturated heterocycles. The lowest BCUT2D eigenvalue weighted by molar-refractivity contribution is -0.121. The summed E-state index contributed by atoms with van der Waals surface area (Å²) in [5.41, 5.74) is 2.08. The van der Waals surface area contributed by atoms with Crippen LogP contribution in [0.25, 0.3) is 10.9 Å². The number of para-hydroxylation sites is 1. The Morgan fingerprint density at radius 3 is 2.95 bits per heavy atom. The molecule has 0 aliphatic heterocycles. The van der Waals surface area contributed by atoms with Crippen molar-refractivity contribution in [2.45, 2.75) is 31.7 Å². The van der Waals surface area contributed by atoms with Gasteiger partial charge in [0, 0.05) is 29.7 Å². The fourth-order valence-corrected chi connectivity index (χ4v) is 2.77. The normalized spacial score (nSPS) is 16.2. The second kappa shape index (κ2) is 5.67. The first-order valence-electron chi connectivity index (χ1n) is 7.23. The Kier molecular flexibility index (Phi) is 3.74. The molecule has 4 heteroatoms. The molecule has 1 fully saturated rings. The van der Waals surface area contributed by atoms with Gasteiger partial charge in [-0.2, -0.15) is 0 Å². The Hall–Kier alpha value is -1.81. The van der Waals surface area contributed by atoms with Crippen LogP contribution in [-0.4, -0.2) is 28.6 Å². The highest BCUT2D eigenvalue weighted by molar-refractivity contribution is 5.88. The van der Waals surface area contributed by atoms with Crippen molar-refractivity contribution < 1.29 is 9.90 Å². The standard InChI is InChI=1S/C16H20N2O2/c19-8-7-14(11-5-6-11)18-16(20)9-12-10-17-15-4-2-1-3-13(12)15/h1-4,10-11,14,17,19H,5-9H2,(H,18,20). The molecule has 1 aromatic carbocycles. The van der Waals surface area contributed by atoms with Crippen molar-refractivity contribution >= 4 is 16.8 Å². The highest BCUT2D eigenvalue weighted by atomic mass is 16.3. The zero-order valence-corrected chi connectivity index (χ0v) is 11.4. The Morgan fingerprint density at radius 2 is 2.20 bits per heavy atom. The van der Waals surface area contributed by atoms with Crippen molar-refractivity contribution in [1.82, 2.24) is 10.3 Å². The summed E-state index contributed by atoms with van der Waals surface area (Å²) in [6.45, 7) is 0.133. The maximum absolute atomic E-state index is 12.2. The molecule has 0 spiro atoms. The first kappa shape index (κ1) is 13.2. The van der Waals surface area contributed by atoms with Gasteiger partial charge in [0.2, 0.25) is 5.91 Å². The van der Waals surface area contributed by atoms with Crippen LogP contribution in [-0.2, 0) is 11.2 Å². The van der Waals surface area contributed by atoms with Crippen LogP contribution in [0.4, 0.5) is 0 Å². The van der Waals surface area contributed by atoms with Gasteiger partial charge in [-0.1, -0.05) is 18.2 Å². The molecule has 2 aromatic rings. The molecule has 1 aromatic heterocycles. The molecule has 4 nitrogen and oxygen atoms in total. The Bertz CT molecular complexity index is 601. The number of benzene rings is 1. The number of nitrogens with one attached hydrogen (secondary N) is 2. The molecule has 1 saturated carbocycles. The number of hydrogen-bond acceptors (Lipinski definition) is 2. The highest BCUT2D eigenvalue weighted by Gasteiger charge is 2.31. The number of aromatic amines is 1. The van der Waals surface area contributed by atoms with E-state index in [-0.39, 0.29) is 18.6 Å². The lowest BCUT2D eigenvalue weighted by atomic mass is 10.1. The summed E-state index contributed by atoms with van der Waals surface area (Å²) in [4.78, 5) is 15.4. The second-order valence-corrected chi connectivity index (χ2v) is 5.56. The van der Waals surface area contributed by atoms with Crippen molar-refractivity contribution in [2.24, 2.45) is 5.92 Å². The molecule has 1 atom stereocenters. The molecule has 1 unspecified atom stereocenters. The van der Waals surface area contributed by atoms with Gasteiger partial charge < -0.3 is 15.4 Å². The Labute approximate surface area is 118 Å². The maximum Gasteiger partial charge on any atom is 0.224 e. The van der Waals surface area contributed by atoms with Gasteiger partial charge in [-0.3, -0.25) is 4.79 Å². The zero-order valence-electron chi connectivity index (χ0n) is 11.4. The minimum atomic E-state index is 0.0418. The van der Waals surface area contributed by atoms with E-state index in [4.69, 9.17) is 5.11 Å². The fourth-order valence-electron chi connectivity index (χ4n) is 2.77. The number of amides is 1. The summed E-state index contributed by atoms with van der Waals surface area (Å²) in [5, 5.41) is 13.2. The van der Waals surface area contributed by atoms with Gasteiger partial charge in [-0.15, -0.1) is 0 Å². The topological polar surface area (TPSA) is 65.1 Å². The third kappa shape index (κ3) is 2.85. The number of H-pyrrole nitrogens is 1. The van der Waals surface area contributed by atoms with E-state index in [1.807, 2.05) is 30.5 Å². The van der Waals surface area contributed by atoms with Gasteiger partial charge in [-0.05, 0) is 36.8 Å². The molecular formula is C16H20N2O2. The van der Waals surface area contributed by atoms with Gasteiger partial charge in [0.15, 0.2) is 0 Å². The Morgan fingerprint density at radius 1 is 1.40 bits per heavy atom. The molecule has 0 bridgehead atoms. The summed E-state index contributed by atoms with van der Waals surface area (Å²) in [7, 11) is 0. The molecule has 106 valence electrons. The van der Waals surface area contributed by atoms with E-state index in [1.165, 1.54) is 0 Å². The van der Waals surface area contributed by atoms with E-state index >= 15 is 0 Å². The van der Waals surface area contributed by atoms with Gasteiger partial charge in [0.05, 0.1) is 6.42 Å².